The molecule has 1 aromatic carbocycles. The molecular weight excluding hydrogens is 354 g/mol. The molecule has 3 unspecified atom stereocenters. The zero-order valence-electron chi connectivity index (χ0n) is 15.6. The summed E-state index contributed by atoms with van der Waals surface area (Å²) in [6.07, 6.45) is 0.0651. The fraction of sp³-hybridized carbons (Fsp3) is 0.579. The van der Waals surface area contributed by atoms with Crippen LogP contribution in [0.2, 0.25) is 0 Å². The van der Waals surface area contributed by atoms with Crippen molar-refractivity contribution in [2.24, 2.45) is 0 Å². The molecule has 26 heavy (non-hydrogen) atoms. The zero-order chi connectivity index (χ0) is 19.3. The van der Waals surface area contributed by atoms with Crippen LogP contribution in [0.3, 0.4) is 0 Å². The third kappa shape index (κ3) is 4.84. The molecule has 0 spiro atoms. The molecule has 0 N–H and O–H groups in total. The maximum Gasteiger partial charge on any atom is 0.314 e. The smallest absolute Gasteiger partial charge is 0.314 e. The van der Waals surface area contributed by atoms with E-state index in [1.165, 1.54) is 4.90 Å². The quantitative estimate of drug-likeness (QED) is 0.676. The highest BCUT2D eigenvalue weighted by Crippen LogP contribution is 2.23. The number of esters is 1. The van der Waals surface area contributed by atoms with E-state index < -0.39 is 27.8 Å². The highest BCUT2D eigenvalue weighted by molar-refractivity contribution is 7.91. The first-order valence-electron chi connectivity index (χ1n) is 9.05. The van der Waals surface area contributed by atoms with Crippen molar-refractivity contribution in [3.8, 4) is 0 Å². The van der Waals surface area contributed by atoms with Gasteiger partial charge in [0, 0.05) is 12.6 Å². The van der Waals surface area contributed by atoms with Crippen molar-refractivity contribution in [3.05, 3.63) is 35.9 Å². The van der Waals surface area contributed by atoms with Gasteiger partial charge in [0.2, 0.25) is 0 Å². The standard InChI is InChI=1S/C19H27NO5S/c1-4-17(15-9-7-6-8-10-15)19(22)25-14(3)18(21)20(5-2)16-11-12-26(23,24)13-16/h6-10,14,16-17H,4-5,11-13H2,1-3H3. The Balaban J connectivity index is 2.04. The van der Waals surface area contributed by atoms with Gasteiger partial charge < -0.3 is 9.64 Å². The molecule has 1 aliphatic heterocycles. The van der Waals surface area contributed by atoms with E-state index in [2.05, 4.69) is 0 Å². The Bertz CT molecular complexity index is 732. The Morgan fingerprint density at radius 2 is 1.88 bits per heavy atom. The lowest BCUT2D eigenvalue weighted by atomic mass is 9.97. The molecule has 0 bridgehead atoms. The van der Waals surface area contributed by atoms with Crippen molar-refractivity contribution in [2.75, 3.05) is 18.1 Å². The van der Waals surface area contributed by atoms with Crippen LogP contribution in [0.25, 0.3) is 0 Å². The van der Waals surface area contributed by atoms with Crippen LogP contribution < -0.4 is 0 Å². The lowest BCUT2D eigenvalue weighted by Crippen LogP contribution is -2.46. The molecule has 144 valence electrons. The summed E-state index contributed by atoms with van der Waals surface area (Å²) in [5.41, 5.74) is 0.855. The number of ether oxygens (including phenoxy) is 1. The van der Waals surface area contributed by atoms with Crippen molar-refractivity contribution in [2.45, 2.75) is 51.7 Å². The number of rotatable bonds is 7. The molecule has 2 rings (SSSR count). The first kappa shape index (κ1) is 20.4. The van der Waals surface area contributed by atoms with E-state index in [9.17, 15) is 18.0 Å². The number of likely N-dealkylation sites (N-methyl/N-ethyl adjacent to an activating group) is 1. The minimum atomic E-state index is -3.09. The monoisotopic (exact) mass is 381 g/mol. The summed E-state index contributed by atoms with van der Waals surface area (Å²) in [7, 11) is -3.09. The minimum Gasteiger partial charge on any atom is -0.452 e. The van der Waals surface area contributed by atoms with Crippen LogP contribution in [0.5, 0.6) is 0 Å². The number of hydrogen-bond acceptors (Lipinski definition) is 5. The number of sulfone groups is 1. The van der Waals surface area contributed by atoms with Crippen molar-refractivity contribution < 1.29 is 22.7 Å². The maximum absolute atomic E-state index is 12.7. The normalized spacial score (nSPS) is 21.0. The van der Waals surface area contributed by atoms with E-state index in [0.29, 0.717) is 19.4 Å². The largest absolute Gasteiger partial charge is 0.452 e. The van der Waals surface area contributed by atoms with Crippen molar-refractivity contribution in [1.82, 2.24) is 4.90 Å². The van der Waals surface area contributed by atoms with Gasteiger partial charge in [0.05, 0.1) is 17.4 Å². The number of amides is 1. The van der Waals surface area contributed by atoms with Crippen LogP contribution in [0.15, 0.2) is 30.3 Å². The summed E-state index contributed by atoms with van der Waals surface area (Å²) in [6, 6.07) is 8.99. The average Bonchev–Trinajstić information content (AvgIpc) is 2.96. The van der Waals surface area contributed by atoms with Gasteiger partial charge in [-0.3, -0.25) is 9.59 Å². The molecule has 0 aliphatic carbocycles. The molecule has 1 saturated heterocycles. The van der Waals surface area contributed by atoms with E-state index >= 15 is 0 Å². The van der Waals surface area contributed by atoms with E-state index in [-0.39, 0.29) is 23.5 Å². The molecule has 1 heterocycles. The van der Waals surface area contributed by atoms with Crippen LogP contribution in [-0.2, 0) is 24.2 Å². The average molecular weight is 381 g/mol. The summed E-state index contributed by atoms with van der Waals surface area (Å²) >= 11 is 0. The molecule has 0 saturated carbocycles. The number of carbonyl (C=O) groups excluding carboxylic acids is 2. The molecule has 7 heteroatoms. The first-order chi connectivity index (χ1) is 12.3. The SMILES string of the molecule is CCC(C(=O)OC(C)C(=O)N(CC)C1CCS(=O)(=O)C1)c1ccccc1. The van der Waals surface area contributed by atoms with Crippen molar-refractivity contribution >= 4 is 21.7 Å². The Labute approximate surface area is 155 Å². The summed E-state index contributed by atoms with van der Waals surface area (Å²) in [5.74, 6) is -1.12. The molecule has 1 aromatic rings. The molecule has 6 nitrogen and oxygen atoms in total. The fourth-order valence-corrected chi connectivity index (χ4v) is 5.11. The third-order valence-electron chi connectivity index (χ3n) is 4.81. The lowest BCUT2D eigenvalue weighted by Gasteiger charge is -2.29. The van der Waals surface area contributed by atoms with Crippen molar-refractivity contribution in [3.63, 3.8) is 0 Å². The van der Waals surface area contributed by atoms with Crippen LogP contribution >= 0.6 is 0 Å². The Kier molecular flexibility index (Phi) is 6.81. The number of benzene rings is 1. The van der Waals surface area contributed by atoms with Crippen LogP contribution in [-0.4, -0.2) is 55.4 Å². The van der Waals surface area contributed by atoms with Crippen LogP contribution in [0, 0.1) is 0 Å². The predicted octanol–water partition coefficient (Wildman–Crippen LogP) is 2.15. The third-order valence-corrected chi connectivity index (χ3v) is 6.56. The van der Waals surface area contributed by atoms with E-state index in [1.54, 1.807) is 13.8 Å². The topological polar surface area (TPSA) is 80.8 Å². The summed E-state index contributed by atoms with van der Waals surface area (Å²) in [5, 5.41) is 0. The summed E-state index contributed by atoms with van der Waals surface area (Å²) < 4.78 is 28.8. The number of nitrogens with zero attached hydrogens (tertiary/aromatic N) is 1. The zero-order valence-corrected chi connectivity index (χ0v) is 16.4. The van der Waals surface area contributed by atoms with E-state index in [4.69, 9.17) is 4.74 Å². The highest BCUT2D eigenvalue weighted by atomic mass is 32.2. The predicted molar refractivity (Wildman–Crippen MR) is 99.5 cm³/mol. The lowest BCUT2D eigenvalue weighted by molar-refractivity contribution is -0.161. The van der Waals surface area contributed by atoms with Crippen LogP contribution in [0.4, 0.5) is 0 Å². The molecule has 1 fully saturated rings. The second-order valence-corrected chi connectivity index (χ2v) is 8.86. The summed E-state index contributed by atoms with van der Waals surface area (Å²) in [6.45, 7) is 5.63. The van der Waals surface area contributed by atoms with Crippen molar-refractivity contribution in [1.29, 1.82) is 0 Å². The molecular formula is C19H27NO5S. The van der Waals surface area contributed by atoms with Gasteiger partial charge in [-0.25, -0.2) is 8.42 Å². The van der Waals surface area contributed by atoms with Gasteiger partial charge in [0.25, 0.3) is 5.91 Å². The van der Waals surface area contributed by atoms with Gasteiger partial charge in [-0.15, -0.1) is 0 Å². The molecule has 0 radical (unpaired) electrons. The van der Waals surface area contributed by atoms with Crippen LogP contribution in [0.1, 0.15) is 45.1 Å². The second-order valence-electron chi connectivity index (χ2n) is 6.63. The molecule has 1 amide bonds. The Morgan fingerprint density at radius 1 is 1.23 bits per heavy atom. The number of carbonyl (C=O) groups is 2. The molecule has 1 aliphatic rings. The molecule has 3 atom stereocenters. The van der Waals surface area contributed by atoms with Gasteiger partial charge in [0.15, 0.2) is 15.9 Å². The van der Waals surface area contributed by atoms with Gasteiger partial charge in [-0.05, 0) is 32.3 Å². The summed E-state index contributed by atoms with van der Waals surface area (Å²) in [4.78, 5) is 26.8. The van der Waals surface area contributed by atoms with E-state index in [1.807, 2.05) is 37.3 Å². The highest BCUT2D eigenvalue weighted by Gasteiger charge is 2.36. The Morgan fingerprint density at radius 3 is 2.38 bits per heavy atom. The fourth-order valence-electron chi connectivity index (χ4n) is 3.38. The van der Waals surface area contributed by atoms with Gasteiger partial charge in [-0.1, -0.05) is 37.3 Å². The van der Waals surface area contributed by atoms with Gasteiger partial charge in [-0.2, -0.15) is 0 Å². The minimum absolute atomic E-state index is 0.0190. The maximum atomic E-state index is 12.7. The second kappa shape index (κ2) is 8.66. The van der Waals surface area contributed by atoms with Gasteiger partial charge >= 0.3 is 5.97 Å². The molecule has 0 aromatic heterocycles. The first-order valence-corrected chi connectivity index (χ1v) is 10.9. The van der Waals surface area contributed by atoms with Gasteiger partial charge in [0.1, 0.15) is 0 Å². The number of hydrogen-bond donors (Lipinski definition) is 0. The Hall–Kier alpha value is -1.89. The van der Waals surface area contributed by atoms with E-state index in [0.717, 1.165) is 5.56 Å².